The molecule has 1 fully saturated rings. The Morgan fingerprint density at radius 2 is 0.622 bits per heavy atom. The SMILES string of the molecule is c1ccc(P(c2ccccc2)c2ccccc2C2=C(c3ccccc3P(c3ccccc3)c3ccccc3)C3CCC2C3)cc1. The van der Waals surface area contributed by atoms with Crippen molar-refractivity contribution in [1.29, 1.82) is 0 Å². The van der Waals surface area contributed by atoms with Crippen molar-refractivity contribution < 1.29 is 0 Å². The second-order valence-corrected chi connectivity index (χ2v) is 16.5. The zero-order chi connectivity index (χ0) is 30.0. The first-order valence-corrected chi connectivity index (χ1v) is 18.8. The lowest BCUT2D eigenvalue weighted by Crippen LogP contribution is -2.25. The van der Waals surface area contributed by atoms with Crippen LogP contribution in [0.3, 0.4) is 0 Å². The Hall–Kier alpha value is -4.08. The van der Waals surface area contributed by atoms with Crippen LogP contribution in [0.25, 0.3) is 11.1 Å². The Morgan fingerprint density at radius 3 is 0.956 bits per heavy atom. The second kappa shape index (κ2) is 12.7. The lowest BCUT2D eigenvalue weighted by atomic mass is 9.84. The minimum atomic E-state index is -0.703. The summed E-state index contributed by atoms with van der Waals surface area (Å²) in [7, 11) is -1.41. The first-order valence-electron chi connectivity index (χ1n) is 16.1. The lowest BCUT2D eigenvalue weighted by Gasteiger charge is -2.29. The minimum Gasteiger partial charge on any atom is -0.0622 e. The van der Waals surface area contributed by atoms with Gasteiger partial charge in [0, 0.05) is 0 Å². The second-order valence-electron chi connectivity index (χ2n) is 12.1. The highest BCUT2D eigenvalue weighted by atomic mass is 31.1. The molecule has 0 saturated heterocycles. The average molecular weight is 615 g/mol. The third kappa shape index (κ3) is 5.42. The van der Waals surface area contributed by atoms with Gasteiger partial charge >= 0.3 is 0 Å². The topological polar surface area (TPSA) is 0 Å². The minimum absolute atomic E-state index is 0.613. The van der Waals surface area contributed by atoms with Crippen molar-refractivity contribution in [1.82, 2.24) is 0 Å². The molecule has 0 N–H and O–H groups in total. The van der Waals surface area contributed by atoms with Gasteiger partial charge in [0.1, 0.15) is 0 Å². The first kappa shape index (κ1) is 28.4. The molecule has 2 unspecified atom stereocenters. The molecule has 45 heavy (non-hydrogen) atoms. The normalized spacial score (nSPS) is 17.4. The standard InChI is InChI=1S/C43H36P2/c1-5-17-34(18-6-1)44(35-19-7-2-8-20-35)40-27-15-13-25-38(40)42-32-29-30-33(31-32)43(42)39-26-14-16-28-41(39)45(36-21-9-3-10-22-36)37-23-11-4-12-24-37/h1-28,32-33H,29-31H2. The molecule has 2 heteroatoms. The Balaban J connectivity index is 1.35. The maximum Gasteiger partial charge on any atom is -0.00757 e. The largest absolute Gasteiger partial charge is 0.0622 e. The molecular formula is C43H36P2. The number of fused-ring (bicyclic) bond motifs is 2. The highest BCUT2D eigenvalue weighted by Gasteiger charge is 2.42. The van der Waals surface area contributed by atoms with Gasteiger partial charge in [-0.25, -0.2) is 0 Å². The van der Waals surface area contributed by atoms with E-state index in [1.54, 1.807) is 11.1 Å². The van der Waals surface area contributed by atoms with Gasteiger partial charge in [-0.05, 0) is 101 Å². The summed E-state index contributed by atoms with van der Waals surface area (Å²) in [6, 6.07) is 63.5. The van der Waals surface area contributed by atoms with Gasteiger partial charge in [0.05, 0.1) is 0 Å². The van der Waals surface area contributed by atoms with Crippen molar-refractivity contribution in [3.63, 3.8) is 0 Å². The predicted octanol–water partition coefficient (Wildman–Crippen LogP) is 8.54. The number of hydrogen-bond acceptors (Lipinski definition) is 0. The monoisotopic (exact) mass is 614 g/mol. The summed E-state index contributed by atoms with van der Waals surface area (Å²) in [5, 5.41) is 8.61. The third-order valence-corrected chi connectivity index (χ3v) is 14.5. The van der Waals surface area contributed by atoms with Crippen molar-refractivity contribution >= 4 is 58.8 Å². The maximum absolute atomic E-state index is 2.44. The Kier molecular flexibility index (Phi) is 8.03. The van der Waals surface area contributed by atoms with Gasteiger partial charge in [-0.1, -0.05) is 170 Å². The average Bonchev–Trinajstić information content (AvgIpc) is 3.74. The molecule has 8 rings (SSSR count). The van der Waals surface area contributed by atoms with Crippen molar-refractivity contribution in [2.75, 3.05) is 0 Å². The zero-order valence-corrected chi connectivity index (χ0v) is 27.1. The van der Waals surface area contributed by atoms with Gasteiger partial charge < -0.3 is 0 Å². The summed E-state index contributed by atoms with van der Waals surface area (Å²) in [6.45, 7) is 0. The van der Waals surface area contributed by atoms with E-state index in [1.807, 2.05) is 0 Å². The highest BCUT2D eigenvalue weighted by molar-refractivity contribution is 7.80. The Labute approximate surface area is 270 Å². The molecule has 6 aromatic carbocycles. The van der Waals surface area contributed by atoms with Gasteiger partial charge in [0.2, 0.25) is 0 Å². The highest BCUT2D eigenvalue weighted by Crippen LogP contribution is 2.57. The molecule has 0 spiro atoms. The number of benzene rings is 6. The van der Waals surface area contributed by atoms with E-state index in [0.717, 1.165) is 0 Å². The summed E-state index contributed by atoms with van der Waals surface area (Å²) in [5.41, 5.74) is 6.17. The Morgan fingerprint density at radius 1 is 0.333 bits per heavy atom. The molecule has 218 valence electrons. The molecule has 0 aromatic heterocycles. The summed E-state index contributed by atoms with van der Waals surface area (Å²) in [4.78, 5) is 0. The van der Waals surface area contributed by atoms with E-state index in [-0.39, 0.29) is 0 Å². The van der Waals surface area contributed by atoms with E-state index < -0.39 is 15.8 Å². The van der Waals surface area contributed by atoms with Gasteiger partial charge in [-0.2, -0.15) is 0 Å². The molecule has 0 heterocycles. The zero-order valence-electron chi connectivity index (χ0n) is 25.3. The maximum atomic E-state index is 2.44. The van der Waals surface area contributed by atoms with Gasteiger partial charge in [0.25, 0.3) is 0 Å². The van der Waals surface area contributed by atoms with Crippen LogP contribution in [0.1, 0.15) is 30.4 Å². The molecule has 2 aliphatic rings. The van der Waals surface area contributed by atoms with Crippen molar-refractivity contribution in [2.24, 2.45) is 11.8 Å². The first-order chi connectivity index (χ1) is 22.4. The van der Waals surface area contributed by atoms with E-state index in [1.165, 1.54) is 62.2 Å². The van der Waals surface area contributed by atoms with Crippen molar-refractivity contribution in [3.05, 3.63) is 181 Å². The summed E-state index contributed by atoms with van der Waals surface area (Å²) in [5.74, 6) is 1.23. The third-order valence-electron chi connectivity index (χ3n) is 9.47. The van der Waals surface area contributed by atoms with Crippen molar-refractivity contribution in [3.8, 4) is 0 Å². The van der Waals surface area contributed by atoms with E-state index in [0.29, 0.717) is 11.8 Å². The van der Waals surface area contributed by atoms with Crippen LogP contribution in [0, 0.1) is 11.8 Å². The molecule has 0 aliphatic heterocycles. The Bertz CT molecular complexity index is 1710. The van der Waals surface area contributed by atoms with Crippen LogP contribution < -0.4 is 31.8 Å². The lowest BCUT2D eigenvalue weighted by molar-refractivity contribution is 0.706. The summed E-state index contributed by atoms with van der Waals surface area (Å²) < 4.78 is 0. The molecule has 2 bridgehead atoms. The molecule has 1 saturated carbocycles. The molecular weight excluding hydrogens is 578 g/mol. The van der Waals surface area contributed by atoms with E-state index in [2.05, 4.69) is 170 Å². The summed E-state index contributed by atoms with van der Waals surface area (Å²) >= 11 is 0. The van der Waals surface area contributed by atoms with Gasteiger partial charge in [-0.15, -0.1) is 0 Å². The molecule has 6 aromatic rings. The van der Waals surface area contributed by atoms with Gasteiger partial charge in [-0.3, -0.25) is 0 Å². The van der Waals surface area contributed by atoms with Crippen LogP contribution >= 0.6 is 15.8 Å². The fourth-order valence-corrected chi connectivity index (χ4v) is 12.6. The fourth-order valence-electron chi connectivity index (χ4n) is 7.63. The van der Waals surface area contributed by atoms with Crippen LogP contribution in [-0.2, 0) is 0 Å². The van der Waals surface area contributed by atoms with E-state index >= 15 is 0 Å². The smallest absolute Gasteiger partial charge is 0.00757 e. The van der Waals surface area contributed by atoms with Crippen LogP contribution in [-0.4, -0.2) is 0 Å². The van der Waals surface area contributed by atoms with Crippen LogP contribution in [0.5, 0.6) is 0 Å². The molecule has 0 amide bonds. The molecule has 2 atom stereocenters. The number of allylic oxidation sites excluding steroid dienone is 2. The van der Waals surface area contributed by atoms with Crippen LogP contribution in [0.4, 0.5) is 0 Å². The predicted molar refractivity (Wildman–Crippen MR) is 198 cm³/mol. The molecule has 0 radical (unpaired) electrons. The van der Waals surface area contributed by atoms with Gasteiger partial charge in [0.15, 0.2) is 0 Å². The van der Waals surface area contributed by atoms with Crippen LogP contribution in [0.2, 0.25) is 0 Å². The molecule has 0 nitrogen and oxygen atoms in total. The summed E-state index contributed by atoms with van der Waals surface area (Å²) in [6.07, 6.45) is 3.86. The fraction of sp³-hybridized carbons (Fsp3) is 0.116. The number of hydrogen-bond donors (Lipinski definition) is 0. The quantitative estimate of drug-likeness (QED) is 0.151. The van der Waals surface area contributed by atoms with E-state index in [4.69, 9.17) is 0 Å². The van der Waals surface area contributed by atoms with Crippen LogP contribution in [0.15, 0.2) is 170 Å². The molecule has 2 aliphatic carbocycles. The van der Waals surface area contributed by atoms with Crippen molar-refractivity contribution in [2.45, 2.75) is 19.3 Å². The number of rotatable bonds is 8. The van der Waals surface area contributed by atoms with E-state index in [9.17, 15) is 0 Å².